The highest BCUT2D eigenvalue weighted by Gasteiger charge is 2.13. The Morgan fingerprint density at radius 1 is 0.950 bits per heavy atom. The first kappa shape index (κ1) is 16.0. The SMILES string of the molecule is CN(C)C=CC=CC1=CC(=O)C(=CC=CN(C)C)CC1. The standard InChI is InChI=1S/C17H24N2O/c1-18(2)12-6-5-8-15-10-11-16(17(20)14-15)9-7-13-19(3)4/h5-9,12-14H,10-11H2,1-4H3. The molecule has 0 amide bonds. The van der Waals surface area contributed by atoms with E-state index in [0.29, 0.717) is 0 Å². The molecule has 20 heavy (non-hydrogen) atoms. The van der Waals surface area contributed by atoms with Crippen LogP contribution < -0.4 is 0 Å². The van der Waals surface area contributed by atoms with E-state index in [2.05, 4.69) is 0 Å². The van der Waals surface area contributed by atoms with Gasteiger partial charge in [-0.05, 0) is 54.6 Å². The fourth-order valence-corrected chi connectivity index (χ4v) is 1.76. The molecule has 0 unspecified atom stereocenters. The molecular weight excluding hydrogens is 248 g/mol. The van der Waals surface area contributed by atoms with Crippen LogP contribution in [0, 0.1) is 0 Å². The number of ketones is 1. The van der Waals surface area contributed by atoms with Crippen molar-refractivity contribution >= 4 is 5.78 Å². The van der Waals surface area contributed by atoms with Crippen molar-refractivity contribution in [2.75, 3.05) is 28.2 Å². The Labute approximate surface area is 122 Å². The van der Waals surface area contributed by atoms with E-state index in [9.17, 15) is 4.79 Å². The average Bonchev–Trinajstić information content (AvgIpc) is 2.36. The number of hydrogen-bond acceptors (Lipinski definition) is 3. The average molecular weight is 272 g/mol. The predicted octanol–water partition coefficient (Wildman–Crippen LogP) is 2.91. The molecule has 0 heterocycles. The van der Waals surface area contributed by atoms with E-state index in [0.717, 1.165) is 24.0 Å². The molecule has 0 bridgehead atoms. The summed E-state index contributed by atoms with van der Waals surface area (Å²) in [4.78, 5) is 15.9. The highest BCUT2D eigenvalue weighted by atomic mass is 16.1. The molecule has 1 rings (SSSR count). The van der Waals surface area contributed by atoms with E-state index in [1.54, 1.807) is 6.08 Å². The van der Waals surface area contributed by atoms with E-state index in [-0.39, 0.29) is 5.78 Å². The van der Waals surface area contributed by atoms with Crippen LogP contribution in [0.5, 0.6) is 0 Å². The zero-order chi connectivity index (χ0) is 15.0. The molecule has 0 N–H and O–H groups in total. The first-order valence-corrected chi connectivity index (χ1v) is 6.79. The molecule has 108 valence electrons. The molecule has 3 heteroatoms. The van der Waals surface area contributed by atoms with Gasteiger partial charge in [0.25, 0.3) is 0 Å². The minimum Gasteiger partial charge on any atom is -0.383 e. The number of nitrogens with zero attached hydrogens (tertiary/aromatic N) is 2. The lowest BCUT2D eigenvalue weighted by Gasteiger charge is -2.11. The largest absolute Gasteiger partial charge is 0.383 e. The lowest BCUT2D eigenvalue weighted by atomic mass is 9.93. The summed E-state index contributed by atoms with van der Waals surface area (Å²) in [7, 11) is 7.88. The second-order valence-corrected chi connectivity index (χ2v) is 5.24. The molecular formula is C17H24N2O. The second kappa shape index (κ2) is 8.20. The molecule has 0 spiro atoms. The highest BCUT2D eigenvalue weighted by Crippen LogP contribution is 2.21. The second-order valence-electron chi connectivity index (χ2n) is 5.24. The Hall–Kier alpha value is -2.03. The lowest BCUT2D eigenvalue weighted by Crippen LogP contribution is -2.06. The van der Waals surface area contributed by atoms with Gasteiger partial charge in [0.05, 0.1) is 0 Å². The third kappa shape index (κ3) is 6.23. The summed E-state index contributed by atoms with van der Waals surface area (Å²) in [5.41, 5.74) is 1.97. The fraction of sp³-hybridized carbons (Fsp3) is 0.353. The highest BCUT2D eigenvalue weighted by molar-refractivity contribution is 6.05. The van der Waals surface area contributed by atoms with Gasteiger partial charge in [-0.25, -0.2) is 0 Å². The summed E-state index contributed by atoms with van der Waals surface area (Å²) in [5, 5.41) is 0. The molecule has 0 atom stereocenters. The molecule has 3 nitrogen and oxygen atoms in total. The van der Waals surface area contributed by atoms with Gasteiger partial charge in [0, 0.05) is 28.2 Å². The van der Waals surface area contributed by atoms with Crippen molar-refractivity contribution in [2.24, 2.45) is 0 Å². The van der Waals surface area contributed by atoms with Crippen molar-refractivity contribution in [2.45, 2.75) is 12.8 Å². The quantitative estimate of drug-likeness (QED) is 0.568. The van der Waals surface area contributed by atoms with Gasteiger partial charge in [-0.1, -0.05) is 18.2 Å². The molecule has 0 saturated heterocycles. The molecule has 1 aliphatic carbocycles. The Bertz CT molecular complexity index is 477. The summed E-state index contributed by atoms with van der Waals surface area (Å²) in [6, 6.07) is 0. The zero-order valence-electron chi connectivity index (χ0n) is 12.8. The van der Waals surface area contributed by atoms with Crippen LogP contribution in [0.25, 0.3) is 0 Å². The van der Waals surface area contributed by atoms with Crippen LogP contribution in [0.15, 0.2) is 60.0 Å². The molecule has 0 radical (unpaired) electrons. The van der Waals surface area contributed by atoms with Crippen molar-refractivity contribution in [3.05, 3.63) is 60.0 Å². The summed E-state index contributed by atoms with van der Waals surface area (Å²) in [6.07, 6.45) is 17.1. The van der Waals surface area contributed by atoms with Crippen LogP contribution in [-0.4, -0.2) is 43.8 Å². The summed E-state index contributed by atoms with van der Waals surface area (Å²) in [6.45, 7) is 0. The Morgan fingerprint density at radius 2 is 1.60 bits per heavy atom. The molecule has 1 aliphatic rings. The minimum absolute atomic E-state index is 0.121. The zero-order valence-corrected chi connectivity index (χ0v) is 12.8. The maximum absolute atomic E-state index is 12.0. The van der Waals surface area contributed by atoms with E-state index in [4.69, 9.17) is 0 Å². The summed E-state index contributed by atoms with van der Waals surface area (Å²) >= 11 is 0. The van der Waals surface area contributed by atoms with Crippen molar-refractivity contribution in [3.8, 4) is 0 Å². The topological polar surface area (TPSA) is 23.6 Å². The van der Waals surface area contributed by atoms with Crippen LogP contribution in [-0.2, 0) is 4.79 Å². The maximum atomic E-state index is 12.0. The number of hydrogen-bond donors (Lipinski definition) is 0. The van der Waals surface area contributed by atoms with Gasteiger partial charge in [0.1, 0.15) is 0 Å². The van der Waals surface area contributed by atoms with Crippen molar-refractivity contribution in [3.63, 3.8) is 0 Å². The fourth-order valence-electron chi connectivity index (χ4n) is 1.76. The van der Waals surface area contributed by atoms with Crippen molar-refractivity contribution in [1.29, 1.82) is 0 Å². The Morgan fingerprint density at radius 3 is 2.20 bits per heavy atom. The van der Waals surface area contributed by atoms with Gasteiger partial charge in [0.15, 0.2) is 5.78 Å². The van der Waals surface area contributed by atoms with Crippen molar-refractivity contribution < 1.29 is 4.79 Å². The third-order valence-corrected chi connectivity index (χ3v) is 2.80. The number of carbonyl (C=O) groups excluding carboxylic acids is 1. The smallest absolute Gasteiger partial charge is 0.182 e. The molecule has 0 saturated carbocycles. The molecule has 0 aromatic rings. The van der Waals surface area contributed by atoms with Crippen LogP contribution >= 0.6 is 0 Å². The Balaban J connectivity index is 2.63. The van der Waals surface area contributed by atoms with E-state index in [1.807, 2.05) is 80.8 Å². The molecule has 0 fully saturated rings. The number of rotatable bonds is 5. The summed E-state index contributed by atoms with van der Waals surface area (Å²) < 4.78 is 0. The monoisotopic (exact) mass is 272 g/mol. The van der Waals surface area contributed by atoms with Crippen LogP contribution in [0.2, 0.25) is 0 Å². The number of allylic oxidation sites excluding steroid dienone is 8. The van der Waals surface area contributed by atoms with Gasteiger partial charge in [-0.3, -0.25) is 4.79 Å². The minimum atomic E-state index is 0.121. The van der Waals surface area contributed by atoms with Crippen LogP contribution in [0.4, 0.5) is 0 Å². The summed E-state index contributed by atoms with van der Waals surface area (Å²) in [5.74, 6) is 0.121. The van der Waals surface area contributed by atoms with Gasteiger partial charge in [0.2, 0.25) is 0 Å². The van der Waals surface area contributed by atoms with Crippen LogP contribution in [0.3, 0.4) is 0 Å². The van der Waals surface area contributed by atoms with E-state index >= 15 is 0 Å². The molecule has 0 aliphatic heterocycles. The van der Waals surface area contributed by atoms with Crippen molar-refractivity contribution in [1.82, 2.24) is 9.80 Å². The third-order valence-electron chi connectivity index (χ3n) is 2.80. The van der Waals surface area contributed by atoms with Gasteiger partial charge >= 0.3 is 0 Å². The maximum Gasteiger partial charge on any atom is 0.182 e. The van der Waals surface area contributed by atoms with E-state index < -0.39 is 0 Å². The molecule has 0 aromatic carbocycles. The lowest BCUT2D eigenvalue weighted by molar-refractivity contribution is -0.111. The van der Waals surface area contributed by atoms with Gasteiger partial charge in [-0.2, -0.15) is 0 Å². The number of carbonyl (C=O) groups is 1. The normalized spacial score (nSPS) is 18.5. The van der Waals surface area contributed by atoms with Crippen LogP contribution in [0.1, 0.15) is 12.8 Å². The first-order chi connectivity index (χ1) is 9.49. The van der Waals surface area contributed by atoms with Gasteiger partial charge < -0.3 is 9.80 Å². The first-order valence-electron chi connectivity index (χ1n) is 6.79. The van der Waals surface area contributed by atoms with E-state index in [1.165, 1.54) is 0 Å². The Kier molecular flexibility index (Phi) is 6.57. The molecule has 0 aromatic heterocycles. The van der Waals surface area contributed by atoms with Gasteiger partial charge in [-0.15, -0.1) is 0 Å². The predicted molar refractivity (Wildman–Crippen MR) is 85.2 cm³/mol.